The zero-order chi connectivity index (χ0) is 24.5. The Labute approximate surface area is 207 Å². The molecule has 0 aliphatic carbocycles. The Balaban J connectivity index is 1.89. The number of aromatic nitrogens is 1. The molecule has 6 nitrogen and oxygen atoms in total. The topological polar surface area (TPSA) is 60.6 Å². The van der Waals surface area contributed by atoms with Crippen LogP contribution in [0.5, 0.6) is 5.75 Å². The zero-order valence-electron chi connectivity index (χ0n) is 20.7. The molecule has 0 amide bonds. The minimum absolute atomic E-state index is 0.0961. The van der Waals surface area contributed by atoms with Gasteiger partial charge in [0.15, 0.2) is 5.11 Å². The molecule has 182 valence electrons. The van der Waals surface area contributed by atoms with Crippen LogP contribution in [0.25, 0.3) is 10.9 Å². The second-order valence-electron chi connectivity index (χ2n) is 8.20. The van der Waals surface area contributed by atoms with Gasteiger partial charge in [0.25, 0.3) is 5.56 Å². The van der Waals surface area contributed by atoms with Gasteiger partial charge in [-0.25, -0.2) is 0 Å². The molecule has 0 bridgehead atoms. The molecule has 3 rings (SSSR count). The number of rotatable bonds is 11. The molecular weight excluding hydrogens is 444 g/mol. The summed E-state index contributed by atoms with van der Waals surface area (Å²) in [6, 6.07) is 15.9. The molecule has 2 aromatic carbocycles. The SMILES string of the molecule is CCOc1ccc2[nH]c(=O)c(CN(CCN(CC)CC)C(=S)Nc3ccccc3CC)cc2c1. The Morgan fingerprint density at radius 1 is 1.00 bits per heavy atom. The second kappa shape index (κ2) is 12.5. The number of nitrogens with zero attached hydrogens (tertiary/aromatic N) is 2. The van der Waals surface area contributed by atoms with Gasteiger partial charge in [-0.2, -0.15) is 0 Å². The molecule has 0 radical (unpaired) electrons. The molecule has 2 N–H and O–H groups in total. The molecule has 0 aliphatic heterocycles. The van der Waals surface area contributed by atoms with E-state index in [1.54, 1.807) is 0 Å². The van der Waals surface area contributed by atoms with Crippen LogP contribution in [0, 0.1) is 0 Å². The maximum atomic E-state index is 12.9. The fourth-order valence-electron chi connectivity index (χ4n) is 4.01. The van der Waals surface area contributed by atoms with Crippen molar-refractivity contribution in [2.24, 2.45) is 0 Å². The molecule has 3 aromatic rings. The van der Waals surface area contributed by atoms with E-state index in [0.29, 0.717) is 23.8 Å². The van der Waals surface area contributed by atoms with Crippen LogP contribution in [0.4, 0.5) is 5.69 Å². The Bertz CT molecular complexity index is 1160. The summed E-state index contributed by atoms with van der Waals surface area (Å²) in [7, 11) is 0. The van der Waals surface area contributed by atoms with Crippen LogP contribution in [-0.4, -0.2) is 52.7 Å². The van der Waals surface area contributed by atoms with E-state index in [9.17, 15) is 4.79 Å². The van der Waals surface area contributed by atoms with Crippen molar-refractivity contribution in [2.45, 2.75) is 40.7 Å². The van der Waals surface area contributed by atoms with Gasteiger partial charge in [0, 0.05) is 35.2 Å². The molecule has 0 atom stereocenters. The van der Waals surface area contributed by atoms with Gasteiger partial charge in [0.2, 0.25) is 0 Å². The summed E-state index contributed by atoms with van der Waals surface area (Å²) in [5, 5.41) is 5.00. The lowest BCUT2D eigenvalue weighted by molar-refractivity contribution is 0.266. The lowest BCUT2D eigenvalue weighted by atomic mass is 10.1. The molecule has 0 saturated heterocycles. The summed E-state index contributed by atoms with van der Waals surface area (Å²) in [5.41, 5.74) is 3.59. The zero-order valence-corrected chi connectivity index (χ0v) is 21.5. The highest BCUT2D eigenvalue weighted by Crippen LogP contribution is 2.20. The summed E-state index contributed by atoms with van der Waals surface area (Å²) in [4.78, 5) is 20.4. The molecule has 1 heterocycles. The first-order valence-electron chi connectivity index (χ1n) is 12.1. The Hall–Kier alpha value is -2.90. The quantitative estimate of drug-likeness (QED) is 0.376. The maximum absolute atomic E-state index is 12.9. The smallest absolute Gasteiger partial charge is 0.253 e. The number of anilines is 1. The van der Waals surface area contributed by atoms with E-state index in [4.69, 9.17) is 17.0 Å². The van der Waals surface area contributed by atoms with Gasteiger partial charge >= 0.3 is 0 Å². The van der Waals surface area contributed by atoms with Crippen molar-refractivity contribution in [1.29, 1.82) is 0 Å². The minimum Gasteiger partial charge on any atom is -0.494 e. The summed E-state index contributed by atoms with van der Waals surface area (Å²) in [5.74, 6) is 0.791. The highest BCUT2D eigenvalue weighted by atomic mass is 32.1. The van der Waals surface area contributed by atoms with Crippen LogP contribution in [0.2, 0.25) is 0 Å². The van der Waals surface area contributed by atoms with Gasteiger partial charge in [0.05, 0.1) is 13.2 Å². The standard InChI is InChI=1S/C27H36N4O2S/c1-5-20-11-9-10-12-24(20)29-27(34)31(16-15-30(6-2)7-3)19-22-17-21-18-23(33-8-4)13-14-25(21)28-26(22)32/h9-14,17-18H,5-8,15-16,19H2,1-4H3,(H,28,32)(H,29,34). The number of para-hydroxylation sites is 1. The van der Waals surface area contributed by atoms with Crippen LogP contribution < -0.4 is 15.6 Å². The van der Waals surface area contributed by atoms with Crippen LogP contribution in [0.3, 0.4) is 0 Å². The third-order valence-corrected chi connectivity index (χ3v) is 6.43. The first kappa shape index (κ1) is 25.7. The van der Waals surface area contributed by atoms with Gasteiger partial charge in [-0.05, 0) is 74.5 Å². The van der Waals surface area contributed by atoms with E-state index in [1.165, 1.54) is 5.56 Å². The van der Waals surface area contributed by atoms with E-state index in [2.05, 4.69) is 46.9 Å². The Morgan fingerprint density at radius 3 is 2.47 bits per heavy atom. The molecule has 0 saturated carbocycles. The first-order chi connectivity index (χ1) is 16.5. The van der Waals surface area contributed by atoms with Crippen molar-refractivity contribution in [1.82, 2.24) is 14.8 Å². The third kappa shape index (κ3) is 6.58. The van der Waals surface area contributed by atoms with Gasteiger partial charge in [-0.1, -0.05) is 39.0 Å². The molecule has 0 spiro atoms. The van der Waals surface area contributed by atoms with Crippen LogP contribution in [-0.2, 0) is 13.0 Å². The number of benzene rings is 2. The van der Waals surface area contributed by atoms with Gasteiger partial charge in [0.1, 0.15) is 5.75 Å². The fraction of sp³-hybridized carbons (Fsp3) is 0.407. The van der Waals surface area contributed by atoms with Crippen molar-refractivity contribution in [3.05, 3.63) is 70.0 Å². The second-order valence-corrected chi connectivity index (χ2v) is 8.58. The fourth-order valence-corrected chi connectivity index (χ4v) is 4.27. The van der Waals surface area contributed by atoms with Crippen LogP contribution >= 0.6 is 12.2 Å². The van der Waals surface area contributed by atoms with E-state index >= 15 is 0 Å². The van der Waals surface area contributed by atoms with Gasteiger partial charge in [-0.3, -0.25) is 4.79 Å². The van der Waals surface area contributed by atoms with Crippen LogP contribution in [0.15, 0.2) is 53.3 Å². The maximum Gasteiger partial charge on any atom is 0.253 e. The predicted octanol–water partition coefficient (Wildman–Crippen LogP) is 5.03. The molecule has 0 aliphatic rings. The number of hydrogen-bond donors (Lipinski definition) is 2. The number of likely N-dealkylation sites (N-methyl/N-ethyl adjacent to an activating group) is 1. The highest BCUT2D eigenvalue weighted by molar-refractivity contribution is 7.80. The monoisotopic (exact) mass is 480 g/mol. The molecule has 7 heteroatoms. The largest absolute Gasteiger partial charge is 0.494 e. The minimum atomic E-state index is -0.0961. The van der Waals surface area contributed by atoms with Gasteiger partial charge in [-0.15, -0.1) is 0 Å². The molecule has 0 fully saturated rings. The predicted molar refractivity (Wildman–Crippen MR) is 146 cm³/mol. The van der Waals surface area contributed by atoms with E-state index in [0.717, 1.165) is 54.9 Å². The molecular formula is C27H36N4O2S. The van der Waals surface area contributed by atoms with Crippen molar-refractivity contribution >= 4 is 33.9 Å². The lowest BCUT2D eigenvalue weighted by Crippen LogP contribution is -2.41. The number of fused-ring (bicyclic) bond motifs is 1. The number of H-pyrrole nitrogens is 1. The number of ether oxygens (including phenoxy) is 1. The molecule has 0 unspecified atom stereocenters. The van der Waals surface area contributed by atoms with Crippen molar-refractivity contribution in [3.63, 3.8) is 0 Å². The Morgan fingerprint density at radius 2 is 1.76 bits per heavy atom. The Kier molecular flexibility index (Phi) is 9.48. The summed E-state index contributed by atoms with van der Waals surface area (Å²) >= 11 is 5.85. The third-order valence-electron chi connectivity index (χ3n) is 6.07. The van der Waals surface area contributed by atoms with Gasteiger partial charge < -0.3 is 24.8 Å². The van der Waals surface area contributed by atoms with Crippen molar-refractivity contribution < 1.29 is 4.74 Å². The molecule has 1 aromatic heterocycles. The summed E-state index contributed by atoms with van der Waals surface area (Å²) in [6.45, 7) is 13.0. The molecule has 34 heavy (non-hydrogen) atoms. The first-order valence-corrected chi connectivity index (χ1v) is 12.5. The number of thiocarbonyl (C=S) groups is 1. The van der Waals surface area contributed by atoms with E-state index in [1.807, 2.05) is 49.4 Å². The highest BCUT2D eigenvalue weighted by Gasteiger charge is 2.16. The average Bonchev–Trinajstić information content (AvgIpc) is 2.84. The summed E-state index contributed by atoms with van der Waals surface area (Å²) in [6.07, 6.45) is 0.914. The lowest BCUT2D eigenvalue weighted by Gasteiger charge is -2.29. The number of nitrogens with one attached hydrogen (secondary N) is 2. The number of hydrogen-bond acceptors (Lipinski definition) is 4. The average molecular weight is 481 g/mol. The number of aromatic amines is 1. The van der Waals surface area contributed by atoms with Crippen LogP contribution in [0.1, 0.15) is 38.8 Å². The van der Waals surface area contributed by atoms with E-state index in [-0.39, 0.29) is 5.56 Å². The van der Waals surface area contributed by atoms with E-state index < -0.39 is 0 Å². The number of pyridine rings is 1. The number of aryl methyl sites for hydroxylation is 1. The summed E-state index contributed by atoms with van der Waals surface area (Å²) < 4.78 is 5.64. The van der Waals surface area contributed by atoms with Crippen molar-refractivity contribution in [3.8, 4) is 5.75 Å². The van der Waals surface area contributed by atoms with Crippen molar-refractivity contribution in [2.75, 3.05) is 38.1 Å². The normalized spacial score (nSPS) is 11.1.